The quantitative estimate of drug-likeness (QED) is 0.0516. The number of carboxylic acids is 1. The van der Waals surface area contributed by atoms with E-state index in [1.54, 1.807) is 31.2 Å². The number of rotatable bonds is 12. The fraction of sp³-hybridized carbons (Fsp3) is 0.391. The number of amides is 2. The number of ether oxygens (including phenoxy) is 1. The van der Waals surface area contributed by atoms with Crippen LogP contribution in [0.3, 0.4) is 0 Å². The van der Waals surface area contributed by atoms with E-state index in [0.29, 0.717) is 22.0 Å². The number of nitrogen functional groups attached to an aromatic ring is 1. The third kappa shape index (κ3) is 6.75. The Hall–Kier alpha value is -4.33. The van der Waals surface area contributed by atoms with Gasteiger partial charge in [0.1, 0.15) is 29.9 Å². The number of aliphatic carboxylic acids is 1. The van der Waals surface area contributed by atoms with Gasteiger partial charge in [-0.15, -0.1) is 11.3 Å². The van der Waals surface area contributed by atoms with E-state index in [0.717, 1.165) is 24.4 Å². The Morgan fingerprint density at radius 3 is 2.48 bits per heavy atom. The number of carbonyl (C=O) groups is 3. The third-order valence-corrected chi connectivity index (χ3v) is 8.11. The molecule has 1 unspecified atom stereocenters. The fourth-order valence-corrected chi connectivity index (χ4v) is 5.51. The van der Waals surface area contributed by atoms with Crippen molar-refractivity contribution in [3.05, 3.63) is 40.4 Å². The van der Waals surface area contributed by atoms with Gasteiger partial charge >= 0.3 is 16.3 Å². The Labute approximate surface area is 243 Å². The molecule has 0 aliphatic carbocycles. The number of benzene rings is 1. The molecule has 226 valence electrons. The fourth-order valence-electron chi connectivity index (χ4n) is 3.93. The van der Waals surface area contributed by atoms with Crippen LogP contribution in [0.15, 0.2) is 34.4 Å². The van der Waals surface area contributed by atoms with E-state index in [1.807, 2.05) is 0 Å². The summed E-state index contributed by atoms with van der Waals surface area (Å²) in [5.74, 6) is -2.90. The summed E-state index contributed by atoms with van der Waals surface area (Å²) in [6, 6.07) is 4.17. The predicted molar refractivity (Wildman–Crippen MR) is 149 cm³/mol. The van der Waals surface area contributed by atoms with Crippen molar-refractivity contribution in [3.63, 3.8) is 0 Å². The molecule has 19 heteroatoms. The van der Waals surface area contributed by atoms with E-state index >= 15 is 0 Å². The molecule has 1 aromatic heterocycles. The maximum atomic E-state index is 13.1. The predicted octanol–water partition coefficient (Wildman–Crippen LogP) is -1.52. The molecule has 3 heterocycles. The van der Waals surface area contributed by atoms with Gasteiger partial charge in [0.15, 0.2) is 10.8 Å². The van der Waals surface area contributed by atoms with Crippen molar-refractivity contribution in [3.8, 4) is 5.75 Å². The molecule has 8 N–H and O–H groups in total. The standard InChI is InChI=1S/C23H28N8O9S2/c1-10-16(21(33)31(10)42(36,37)38)28-20(32)18(17-11(2)41-23(25)29-17)30-40-15(22(34)35)9-39-14-5-3-12(4-6-14)19(24)27-13-7-26-8-13/h3-6,10,13,15-16,26H,7-9H2,1-2H3,(H2,24,27)(H2,25,29)(H,28,32)(H,34,35)(H,36,37,38)/b30-18-/t10-,15?,16-/m0/s1. The molecule has 4 rings (SSSR count). The van der Waals surface area contributed by atoms with Gasteiger partial charge in [-0.1, -0.05) is 5.16 Å². The van der Waals surface area contributed by atoms with Crippen LogP contribution in [0.2, 0.25) is 0 Å². The normalized spacial score (nSPS) is 20.4. The lowest BCUT2D eigenvalue weighted by molar-refractivity contribution is -0.152. The summed E-state index contributed by atoms with van der Waals surface area (Å²) >= 11 is 1.02. The smallest absolute Gasteiger partial charge is 0.362 e. The summed E-state index contributed by atoms with van der Waals surface area (Å²) in [5, 5.41) is 18.8. The van der Waals surface area contributed by atoms with E-state index in [4.69, 9.17) is 21.0 Å². The number of carboxylic acid groups (broad SMARTS) is 1. The minimum absolute atomic E-state index is 0.0429. The van der Waals surface area contributed by atoms with E-state index in [9.17, 15) is 32.5 Å². The summed E-state index contributed by atoms with van der Waals surface area (Å²) in [5.41, 5.74) is 11.9. The van der Waals surface area contributed by atoms with Gasteiger partial charge in [0.05, 0.1) is 12.1 Å². The Kier molecular flexibility index (Phi) is 8.95. The number of hydrogen-bond donors (Lipinski definition) is 6. The molecule has 2 aliphatic rings. The summed E-state index contributed by atoms with van der Waals surface area (Å²) in [6.45, 7) is 3.86. The van der Waals surface area contributed by atoms with Crippen molar-refractivity contribution < 1.29 is 42.0 Å². The number of anilines is 1. The first-order valence-electron chi connectivity index (χ1n) is 12.3. The van der Waals surface area contributed by atoms with Crippen molar-refractivity contribution in [2.45, 2.75) is 38.1 Å². The highest BCUT2D eigenvalue weighted by atomic mass is 32.2. The maximum absolute atomic E-state index is 13.1. The van der Waals surface area contributed by atoms with Crippen LogP contribution in [0, 0.1) is 6.92 Å². The van der Waals surface area contributed by atoms with E-state index < -0.39 is 58.6 Å². The van der Waals surface area contributed by atoms with Crippen LogP contribution in [0.1, 0.15) is 23.1 Å². The zero-order valence-corrected chi connectivity index (χ0v) is 23.9. The summed E-state index contributed by atoms with van der Waals surface area (Å²) in [7, 11) is -4.82. The molecule has 2 aliphatic heterocycles. The number of aliphatic imine (C=N–C) groups is 1. The average molecular weight is 625 g/mol. The highest BCUT2D eigenvalue weighted by Crippen LogP contribution is 2.24. The number of nitrogens with two attached hydrogens (primary N) is 2. The van der Waals surface area contributed by atoms with Crippen molar-refractivity contribution in [2.75, 3.05) is 25.4 Å². The van der Waals surface area contributed by atoms with Crippen LogP contribution >= 0.6 is 11.3 Å². The topological polar surface area (TPSA) is 261 Å². The zero-order valence-electron chi connectivity index (χ0n) is 22.3. The molecule has 0 radical (unpaired) electrons. The average Bonchev–Trinajstić information content (AvgIpc) is 3.23. The van der Waals surface area contributed by atoms with Gasteiger partial charge in [0, 0.05) is 23.5 Å². The van der Waals surface area contributed by atoms with Gasteiger partial charge < -0.3 is 36.8 Å². The van der Waals surface area contributed by atoms with Gasteiger partial charge in [-0.2, -0.15) is 8.42 Å². The maximum Gasteiger partial charge on any atom is 0.362 e. The Morgan fingerprint density at radius 1 is 1.31 bits per heavy atom. The second kappa shape index (κ2) is 12.3. The monoisotopic (exact) mass is 624 g/mol. The number of aromatic nitrogens is 1. The van der Waals surface area contributed by atoms with Crippen LogP contribution in [0.4, 0.5) is 5.13 Å². The molecule has 2 amide bonds. The zero-order chi connectivity index (χ0) is 30.8. The summed E-state index contributed by atoms with van der Waals surface area (Å²) in [6.07, 6.45) is -1.68. The number of hydrogen-bond acceptors (Lipinski definition) is 13. The van der Waals surface area contributed by atoms with E-state index in [2.05, 4.69) is 25.8 Å². The Balaban J connectivity index is 1.46. The second-order valence-corrected chi connectivity index (χ2v) is 11.8. The highest BCUT2D eigenvalue weighted by Gasteiger charge is 2.51. The van der Waals surface area contributed by atoms with Crippen molar-refractivity contribution in [2.24, 2.45) is 15.9 Å². The molecule has 3 atom stereocenters. The van der Waals surface area contributed by atoms with Gasteiger partial charge in [0.2, 0.25) is 0 Å². The van der Waals surface area contributed by atoms with Crippen LogP contribution in [-0.4, -0.2) is 101 Å². The van der Waals surface area contributed by atoms with Gasteiger partial charge in [0.25, 0.3) is 17.9 Å². The molecule has 2 saturated heterocycles. The van der Waals surface area contributed by atoms with E-state index in [1.165, 1.54) is 6.92 Å². The first-order chi connectivity index (χ1) is 19.8. The molecule has 0 saturated carbocycles. The lowest BCUT2D eigenvalue weighted by Gasteiger charge is -2.42. The third-order valence-electron chi connectivity index (χ3n) is 6.30. The van der Waals surface area contributed by atoms with Gasteiger partial charge in [-0.3, -0.25) is 19.1 Å². The molecule has 2 fully saturated rings. The lowest BCUT2D eigenvalue weighted by Crippen LogP contribution is -2.71. The first-order valence-corrected chi connectivity index (χ1v) is 14.6. The van der Waals surface area contributed by atoms with Crippen molar-refractivity contribution in [1.29, 1.82) is 0 Å². The lowest BCUT2D eigenvalue weighted by atomic mass is 10.0. The van der Waals surface area contributed by atoms with Crippen LogP contribution in [0.25, 0.3) is 0 Å². The number of oxime groups is 1. The molecule has 1 aromatic carbocycles. The SMILES string of the molecule is Cc1sc(N)nc1/C(=N/OC(COc1ccc(C(N)=NC2CNC2)cc1)C(=O)O)C(=O)N[C@@H]1C(=O)N(S(=O)(=O)O)[C@H]1C. The Morgan fingerprint density at radius 2 is 1.98 bits per heavy atom. The molecule has 2 aromatic rings. The number of carbonyl (C=O) groups excluding carboxylic acids is 2. The number of nitrogens with zero attached hydrogens (tertiary/aromatic N) is 4. The van der Waals surface area contributed by atoms with Gasteiger partial charge in [-0.25, -0.2) is 14.1 Å². The number of nitrogens with one attached hydrogen (secondary N) is 2. The largest absolute Gasteiger partial charge is 0.489 e. The van der Waals surface area contributed by atoms with Gasteiger partial charge in [-0.05, 0) is 38.1 Å². The van der Waals surface area contributed by atoms with Crippen LogP contribution in [-0.2, 0) is 29.5 Å². The minimum Gasteiger partial charge on any atom is -0.489 e. The Bertz CT molecular complexity index is 1540. The molecule has 0 spiro atoms. The highest BCUT2D eigenvalue weighted by molar-refractivity contribution is 7.84. The number of amidine groups is 1. The second-order valence-electron chi connectivity index (χ2n) is 9.29. The van der Waals surface area contributed by atoms with Crippen LogP contribution in [0.5, 0.6) is 5.75 Å². The van der Waals surface area contributed by atoms with E-state index in [-0.39, 0.29) is 21.2 Å². The first kappa shape index (κ1) is 30.6. The molecule has 17 nitrogen and oxygen atoms in total. The number of aryl methyl sites for hydroxylation is 1. The number of β-lactam (4-membered cyclic amide) rings is 1. The van der Waals surface area contributed by atoms with Crippen molar-refractivity contribution in [1.82, 2.24) is 19.9 Å². The molecule has 42 heavy (non-hydrogen) atoms. The summed E-state index contributed by atoms with van der Waals surface area (Å²) < 4.78 is 37.7. The minimum atomic E-state index is -4.82. The van der Waals surface area contributed by atoms with Crippen molar-refractivity contribution >= 4 is 56.1 Å². The molecular weight excluding hydrogens is 596 g/mol. The molecule has 0 bridgehead atoms. The van der Waals surface area contributed by atoms with Crippen LogP contribution < -0.4 is 26.8 Å². The number of thiazole rings is 1. The molecular formula is C23H28N8O9S2. The summed E-state index contributed by atoms with van der Waals surface area (Å²) in [4.78, 5) is 51.2.